The Bertz CT molecular complexity index is 1080. The molecular formula is C22H20BClN4O. The molecule has 7 heteroatoms. The maximum atomic E-state index is 13.5. The van der Waals surface area contributed by atoms with Gasteiger partial charge in [-0.3, -0.25) is 9.69 Å². The molecule has 1 fully saturated rings. The SMILES string of the molecule is N#CB1CCC(CN(C(=O)c2ccc3ccccc3c2)c2ccnc(Cl)n2)CC1. The highest BCUT2D eigenvalue weighted by atomic mass is 35.5. The van der Waals surface area contributed by atoms with E-state index >= 15 is 0 Å². The average molecular weight is 403 g/mol. The zero-order valence-electron chi connectivity index (χ0n) is 16.0. The van der Waals surface area contributed by atoms with E-state index < -0.39 is 0 Å². The number of amides is 1. The van der Waals surface area contributed by atoms with E-state index in [1.54, 1.807) is 17.2 Å². The molecule has 3 aromatic rings. The number of anilines is 1. The highest BCUT2D eigenvalue weighted by molar-refractivity contribution is 6.67. The first-order valence-corrected chi connectivity index (χ1v) is 10.2. The lowest BCUT2D eigenvalue weighted by molar-refractivity contribution is 0.0981. The number of carbonyl (C=O) groups is 1. The third kappa shape index (κ3) is 4.41. The van der Waals surface area contributed by atoms with Crippen LogP contribution in [0.15, 0.2) is 54.7 Å². The molecule has 0 atom stereocenters. The van der Waals surface area contributed by atoms with Crippen LogP contribution in [-0.4, -0.2) is 29.1 Å². The molecule has 144 valence electrons. The highest BCUT2D eigenvalue weighted by Gasteiger charge is 2.28. The van der Waals surface area contributed by atoms with Crippen LogP contribution in [0.4, 0.5) is 5.82 Å². The molecule has 29 heavy (non-hydrogen) atoms. The van der Waals surface area contributed by atoms with E-state index in [9.17, 15) is 4.79 Å². The van der Waals surface area contributed by atoms with Crippen LogP contribution in [0.3, 0.4) is 0 Å². The van der Waals surface area contributed by atoms with Gasteiger partial charge in [-0.2, -0.15) is 0 Å². The van der Waals surface area contributed by atoms with Crippen molar-refractivity contribution < 1.29 is 4.79 Å². The Labute approximate surface area is 175 Å². The Morgan fingerprint density at radius 1 is 1.17 bits per heavy atom. The van der Waals surface area contributed by atoms with Gasteiger partial charge in [0.1, 0.15) is 5.82 Å². The minimum Gasteiger partial charge on any atom is -0.292 e. The van der Waals surface area contributed by atoms with Crippen LogP contribution in [0.2, 0.25) is 17.9 Å². The van der Waals surface area contributed by atoms with Gasteiger partial charge in [0, 0.05) is 24.3 Å². The maximum Gasteiger partial charge on any atom is 0.267 e. The summed E-state index contributed by atoms with van der Waals surface area (Å²) in [5.74, 6) is 3.10. The van der Waals surface area contributed by atoms with Gasteiger partial charge in [-0.1, -0.05) is 55.8 Å². The van der Waals surface area contributed by atoms with Gasteiger partial charge in [-0.25, -0.2) is 15.2 Å². The second-order valence-corrected chi connectivity index (χ2v) is 7.85. The number of fused-ring (bicyclic) bond motifs is 1. The Balaban J connectivity index is 1.63. The summed E-state index contributed by atoms with van der Waals surface area (Å²) in [4.78, 5) is 23.4. The van der Waals surface area contributed by atoms with Gasteiger partial charge in [0.05, 0.1) is 0 Å². The first-order chi connectivity index (χ1) is 14.1. The zero-order valence-corrected chi connectivity index (χ0v) is 16.7. The monoisotopic (exact) mass is 402 g/mol. The van der Waals surface area contributed by atoms with E-state index in [1.807, 2.05) is 42.5 Å². The molecule has 0 aliphatic carbocycles. The number of benzene rings is 2. The van der Waals surface area contributed by atoms with E-state index in [0.29, 0.717) is 23.8 Å². The van der Waals surface area contributed by atoms with E-state index in [2.05, 4.69) is 15.9 Å². The summed E-state index contributed by atoms with van der Waals surface area (Å²) in [5, 5.41) is 11.4. The van der Waals surface area contributed by atoms with Crippen LogP contribution >= 0.6 is 11.6 Å². The number of rotatable bonds is 4. The third-order valence-corrected chi connectivity index (χ3v) is 5.78. The predicted molar refractivity (Wildman–Crippen MR) is 116 cm³/mol. The molecule has 5 nitrogen and oxygen atoms in total. The Morgan fingerprint density at radius 2 is 1.93 bits per heavy atom. The number of hydrogen-bond donors (Lipinski definition) is 0. The molecule has 1 amide bonds. The average Bonchev–Trinajstić information content (AvgIpc) is 2.77. The fourth-order valence-electron chi connectivity index (χ4n) is 3.97. The topological polar surface area (TPSA) is 69.9 Å². The molecule has 0 N–H and O–H groups in total. The summed E-state index contributed by atoms with van der Waals surface area (Å²) in [7, 11) is 0. The van der Waals surface area contributed by atoms with E-state index in [0.717, 1.165) is 36.3 Å². The van der Waals surface area contributed by atoms with Gasteiger partial charge in [0.15, 0.2) is 0 Å². The van der Waals surface area contributed by atoms with Gasteiger partial charge in [0.2, 0.25) is 5.28 Å². The van der Waals surface area contributed by atoms with E-state index in [4.69, 9.17) is 16.9 Å². The quantitative estimate of drug-likeness (QED) is 0.460. The van der Waals surface area contributed by atoms with Gasteiger partial charge in [-0.05, 0) is 46.5 Å². The lowest BCUT2D eigenvalue weighted by Crippen LogP contribution is -2.38. The van der Waals surface area contributed by atoms with Crippen molar-refractivity contribution in [3.63, 3.8) is 0 Å². The second kappa shape index (κ2) is 8.63. The summed E-state index contributed by atoms with van der Waals surface area (Å²) >= 11 is 6.00. The van der Waals surface area contributed by atoms with Crippen molar-refractivity contribution in [3.8, 4) is 5.97 Å². The number of halogens is 1. The summed E-state index contributed by atoms with van der Waals surface area (Å²) < 4.78 is 0. The highest BCUT2D eigenvalue weighted by Crippen LogP contribution is 2.28. The molecular weight excluding hydrogens is 383 g/mol. The van der Waals surface area contributed by atoms with Crippen molar-refractivity contribution in [3.05, 3.63) is 65.6 Å². The predicted octanol–water partition coefficient (Wildman–Crippen LogP) is 4.90. The number of aromatic nitrogens is 2. The minimum atomic E-state index is -0.104. The summed E-state index contributed by atoms with van der Waals surface area (Å²) in [6, 6.07) is 15.4. The summed E-state index contributed by atoms with van der Waals surface area (Å²) in [6.07, 6.45) is 5.18. The molecule has 2 aromatic carbocycles. The van der Waals surface area contributed by atoms with Crippen LogP contribution in [0.25, 0.3) is 10.8 Å². The standard InChI is InChI=1S/C22H20BClN4O/c24-22-26-12-9-20(27-22)28(14-16-7-10-23(15-25)11-8-16)21(29)19-6-5-17-3-1-2-4-18(17)13-19/h1-6,9,12-13,16H,7-8,10-11,14H2. The van der Waals surface area contributed by atoms with Crippen molar-refractivity contribution in [1.29, 1.82) is 5.26 Å². The Kier molecular flexibility index (Phi) is 5.78. The van der Waals surface area contributed by atoms with Gasteiger partial charge in [0.25, 0.3) is 12.6 Å². The van der Waals surface area contributed by atoms with Gasteiger partial charge >= 0.3 is 0 Å². The van der Waals surface area contributed by atoms with E-state index in [-0.39, 0.29) is 17.9 Å². The zero-order chi connectivity index (χ0) is 20.2. The van der Waals surface area contributed by atoms with Crippen molar-refractivity contribution in [1.82, 2.24) is 9.97 Å². The van der Waals surface area contributed by atoms with Crippen LogP contribution in [0.5, 0.6) is 0 Å². The van der Waals surface area contributed by atoms with E-state index in [1.165, 1.54) is 0 Å². The van der Waals surface area contributed by atoms with Crippen LogP contribution < -0.4 is 4.90 Å². The molecule has 0 unspecified atom stereocenters. The Hall–Kier alpha value is -2.91. The molecule has 0 spiro atoms. The van der Waals surface area contributed by atoms with Crippen LogP contribution in [0, 0.1) is 17.1 Å². The second-order valence-electron chi connectivity index (χ2n) is 7.51. The van der Waals surface area contributed by atoms with Crippen molar-refractivity contribution in [2.24, 2.45) is 5.92 Å². The lowest BCUT2D eigenvalue weighted by Gasteiger charge is -2.30. The molecule has 0 saturated carbocycles. The summed E-state index contributed by atoms with van der Waals surface area (Å²) in [6.45, 7) is 0.682. The fourth-order valence-corrected chi connectivity index (χ4v) is 4.11. The number of carbonyl (C=O) groups excluding carboxylic acids is 1. The molecule has 2 heterocycles. The number of nitrogens with zero attached hydrogens (tertiary/aromatic N) is 4. The smallest absolute Gasteiger partial charge is 0.267 e. The van der Waals surface area contributed by atoms with Crippen molar-refractivity contribution in [2.75, 3.05) is 11.4 Å². The molecule has 0 bridgehead atoms. The normalized spacial score (nSPS) is 14.6. The van der Waals surface area contributed by atoms with Gasteiger partial charge in [-0.15, -0.1) is 0 Å². The van der Waals surface area contributed by atoms with Crippen LogP contribution in [-0.2, 0) is 0 Å². The molecule has 4 rings (SSSR count). The lowest BCUT2D eigenvalue weighted by atomic mass is 9.42. The fraction of sp³-hybridized carbons (Fsp3) is 0.273. The largest absolute Gasteiger partial charge is 0.292 e. The van der Waals surface area contributed by atoms with Crippen molar-refractivity contribution >= 4 is 40.8 Å². The third-order valence-electron chi connectivity index (χ3n) is 5.60. The first-order valence-electron chi connectivity index (χ1n) is 9.83. The number of hydrogen-bond acceptors (Lipinski definition) is 4. The molecule has 1 aliphatic heterocycles. The van der Waals surface area contributed by atoms with Gasteiger partial charge < -0.3 is 0 Å². The molecule has 0 radical (unpaired) electrons. The molecule has 1 saturated heterocycles. The maximum absolute atomic E-state index is 13.5. The molecule has 1 aliphatic rings. The van der Waals surface area contributed by atoms with Crippen LogP contribution in [0.1, 0.15) is 23.2 Å². The number of nitriles is 1. The molecule has 1 aromatic heterocycles. The minimum absolute atomic E-state index is 0.104. The first kappa shape index (κ1) is 19.4. The van der Waals surface area contributed by atoms with Crippen molar-refractivity contribution in [2.45, 2.75) is 25.5 Å². The summed E-state index contributed by atoms with van der Waals surface area (Å²) in [5.41, 5.74) is 0.615. The Morgan fingerprint density at radius 3 is 2.66 bits per heavy atom.